The molecule has 1 aliphatic heterocycles. The Morgan fingerprint density at radius 1 is 1.50 bits per heavy atom. The van der Waals surface area contributed by atoms with Gasteiger partial charge in [-0.15, -0.1) is 0 Å². The molecule has 0 spiro atoms. The van der Waals surface area contributed by atoms with Crippen LogP contribution in [0.2, 0.25) is 5.02 Å². The number of rotatable bonds is 5. The summed E-state index contributed by atoms with van der Waals surface area (Å²) in [4.78, 5) is 2.02. The van der Waals surface area contributed by atoms with Crippen LogP contribution in [-0.4, -0.2) is 39.0 Å². The van der Waals surface area contributed by atoms with E-state index in [1.807, 2.05) is 0 Å². The van der Waals surface area contributed by atoms with Crippen LogP contribution in [0.5, 0.6) is 0 Å². The molecule has 20 heavy (non-hydrogen) atoms. The Morgan fingerprint density at radius 3 is 2.95 bits per heavy atom. The minimum Gasteiger partial charge on any atom is -0.299 e. The number of benzene rings is 1. The van der Waals surface area contributed by atoms with Crippen LogP contribution >= 0.6 is 11.6 Å². The van der Waals surface area contributed by atoms with Crippen LogP contribution in [0.4, 0.5) is 4.39 Å². The predicted octanol–water partition coefficient (Wildman–Crippen LogP) is 2.24. The molecule has 0 aromatic heterocycles. The molecule has 0 aliphatic carbocycles. The van der Waals surface area contributed by atoms with Gasteiger partial charge in [-0.2, -0.15) is 0 Å². The first-order valence-corrected chi connectivity index (χ1v) is 8.49. The van der Waals surface area contributed by atoms with Crippen molar-refractivity contribution < 1.29 is 12.8 Å². The minimum atomic E-state index is -3.78. The van der Waals surface area contributed by atoms with Crippen molar-refractivity contribution in [3.63, 3.8) is 0 Å². The highest BCUT2D eigenvalue weighted by molar-refractivity contribution is 7.89. The lowest BCUT2D eigenvalue weighted by molar-refractivity contribution is 0.268. The first kappa shape index (κ1) is 15.7. The molecule has 1 fully saturated rings. The van der Waals surface area contributed by atoms with Crippen LogP contribution in [-0.2, 0) is 10.0 Å². The third kappa shape index (κ3) is 3.49. The van der Waals surface area contributed by atoms with Gasteiger partial charge in [0.1, 0.15) is 10.7 Å². The van der Waals surface area contributed by atoms with Gasteiger partial charge in [0.2, 0.25) is 10.0 Å². The average Bonchev–Trinajstić information content (AvgIpc) is 2.86. The second kappa shape index (κ2) is 6.39. The van der Waals surface area contributed by atoms with E-state index in [0.29, 0.717) is 6.54 Å². The molecule has 0 bridgehead atoms. The zero-order chi connectivity index (χ0) is 14.8. The SMILES string of the molecule is CCN1CCC[C@H]1CNS(=O)(=O)c1cc(F)ccc1Cl. The summed E-state index contributed by atoms with van der Waals surface area (Å²) in [6.45, 7) is 4.26. The molecule has 0 amide bonds. The van der Waals surface area contributed by atoms with E-state index >= 15 is 0 Å². The fourth-order valence-corrected chi connectivity index (χ4v) is 4.09. The molecule has 1 saturated heterocycles. The zero-order valence-electron chi connectivity index (χ0n) is 11.3. The van der Waals surface area contributed by atoms with Crippen molar-refractivity contribution in [3.05, 3.63) is 29.0 Å². The molecule has 0 radical (unpaired) electrons. The third-order valence-corrected chi connectivity index (χ3v) is 5.50. The maximum atomic E-state index is 13.2. The Balaban J connectivity index is 2.09. The smallest absolute Gasteiger partial charge is 0.242 e. The Hall–Kier alpha value is -0.690. The lowest BCUT2D eigenvalue weighted by Gasteiger charge is -2.22. The molecule has 1 atom stereocenters. The number of hydrogen-bond acceptors (Lipinski definition) is 3. The predicted molar refractivity (Wildman–Crippen MR) is 76.9 cm³/mol. The van der Waals surface area contributed by atoms with Gasteiger partial charge in [-0.25, -0.2) is 17.5 Å². The first-order chi connectivity index (χ1) is 9.44. The Morgan fingerprint density at radius 2 is 2.25 bits per heavy atom. The van der Waals surface area contributed by atoms with Crippen molar-refractivity contribution in [2.24, 2.45) is 0 Å². The topological polar surface area (TPSA) is 49.4 Å². The molecule has 1 aromatic carbocycles. The maximum Gasteiger partial charge on any atom is 0.242 e. The summed E-state index contributed by atoms with van der Waals surface area (Å²) in [6.07, 6.45) is 2.04. The molecule has 1 heterocycles. The number of likely N-dealkylation sites (tertiary alicyclic amines) is 1. The molecule has 112 valence electrons. The van der Waals surface area contributed by atoms with E-state index < -0.39 is 15.8 Å². The van der Waals surface area contributed by atoms with Crippen molar-refractivity contribution in [2.75, 3.05) is 19.6 Å². The fourth-order valence-electron chi connectivity index (χ4n) is 2.51. The third-order valence-electron chi connectivity index (χ3n) is 3.60. The van der Waals surface area contributed by atoms with Crippen LogP contribution < -0.4 is 4.72 Å². The van der Waals surface area contributed by atoms with E-state index in [9.17, 15) is 12.8 Å². The molecular formula is C13H18ClFN2O2S. The van der Waals surface area contributed by atoms with Gasteiger partial charge < -0.3 is 0 Å². The van der Waals surface area contributed by atoms with Gasteiger partial charge >= 0.3 is 0 Å². The highest BCUT2D eigenvalue weighted by atomic mass is 35.5. The van der Waals surface area contributed by atoms with E-state index in [-0.39, 0.29) is 16.0 Å². The molecule has 0 unspecified atom stereocenters. The lowest BCUT2D eigenvalue weighted by atomic mass is 10.2. The van der Waals surface area contributed by atoms with Gasteiger partial charge in [-0.3, -0.25) is 4.90 Å². The van der Waals surface area contributed by atoms with Crippen LogP contribution in [0, 0.1) is 5.82 Å². The second-order valence-electron chi connectivity index (χ2n) is 4.85. The first-order valence-electron chi connectivity index (χ1n) is 6.63. The van der Waals surface area contributed by atoms with Gasteiger partial charge in [0.15, 0.2) is 0 Å². The Kier molecular flexibility index (Phi) is 5.01. The molecule has 0 saturated carbocycles. The van der Waals surface area contributed by atoms with Crippen molar-refractivity contribution >= 4 is 21.6 Å². The minimum absolute atomic E-state index is 0.0256. The van der Waals surface area contributed by atoms with E-state index in [1.165, 1.54) is 6.07 Å². The molecule has 1 aliphatic rings. The maximum absolute atomic E-state index is 13.2. The number of nitrogens with one attached hydrogen (secondary N) is 1. The summed E-state index contributed by atoms with van der Waals surface area (Å²) in [7, 11) is -3.78. The summed E-state index contributed by atoms with van der Waals surface area (Å²) >= 11 is 5.84. The molecule has 2 rings (SSSR count). The number of hydrogen-bond donors (Lipinski definition) is 1. The molecular weight excluding hydrogens is 303 g/mol. The Bertz CT molecular complexity index is 580. The Labute approximate surface area is 124 Å². The monoisotopic (exact) mass is 320 g/mol. The largest absolute Gasteiger partial charge is 0.299 e. The van der Waals surface area contributed by atoms with Gasteiger partial charge in [0.25, 0.3) is 0 Å². The summed E-state index contributed by atoms with van der Waals surface area (Å²) in [5.74, 6) is -0.620. The van der Waals surface area contributed by atoms with Gasteiger partial charge in [0.05, 0.1) is 5.02 Å². The molecule has 1 aromatic rings. The van der Waals surface area contributed by atoms with E-state index in [1.54, 1.807) is 0 Å². The highest BCUT2D eigenvalue weighted by Gasteiger charge is 2.26. The molecule has 1 N–H and O–H groups in total. The van der Waals surface area contributed by atoms with Crippen LogP contribution in [0.1, 0.15) is 19.8 Å². The number of sulfonamides is 1. The van der Waals surface area contributed by atoms with Gasteiger partial charge in [-0.05, 0) is 44.1 Å². The summed E-state index contributed by atoms with van der Waals surface area (Å²) in [5.41, 5.74) is 0. The van der Waals surface area contributed by atoms with Crippen LogP contribution in [0.25, 0.3) is 0 Å². The van der Waals surface area contributed by atoms with Crippen molar-refractivity contribution in [2.45, 2.75) is 30.7 Å². The average molecular weight is 321 g/mol. The van der Waals surface area contributed by atoms with E-state index in [0.717, 1.165) is 38.1 Å². The van der Waals surface area contributed by atoms with Crippen molar-refractivity contribution in [3.8, 4) is 0 Å². The van der Waals surface area contributed by atoms with Gasteiger partial charge in [-0.1, -0.05) is 18.5 Å². The van der Waals surface area contributed by atoms with Crippen LogP contribution in [0.3, 0.4) is 0 Å². The standard InChI is InChI=1S/C13H18ClFN2O2S/c1-2-17-7-3-4-11(17)9-16-20(18,19)13-8-10(15)5-6-12(13)14/h5-6,8,11,16H,2-4,7,9H2,1H3/t11-/m0/s1. The van der Waals surface area contributed by atoms with Gasteiger partial charge in [0, 0.05) is 12.6 Å². The van der Waals surface area contributed by atoms with Crippen LogP contribution in [0.15, 0.2) is 23.1 Å². The number of halogens is 2. The lowest BCUT2D eigenvalue weighted by Crippen LogP contribution is -2.40. The number of nitrogens with zero attached hydrogens (tertiary/aromatic N) is 1. The fraction of sp³-hybridized carbons (Fsp3) is 0.538. The van der Waals surface area contributed by atoms with E-state index in [4.69, 9.17) is 11.6 Å². The zero-order valence-corrected chi connectivity index (χ0v) is 12.8. The summed E-state index contributed by atoms with van der Waals surface area (Å²) < 4.78 is 40.1. The van der Waals surface area contributed by atoms with E-state index in [2.05, 4.69) is 16.5 Å². The number of likely N-dealkylation sites (N-methyl/N-ethyl adjacent to an activating group) is 1. The summed E-state index contributed by atoms with van der Waals surface area (Å²) in [5, 5.41) is 0.0256. The normalized spacial score (nSPS) is 20.4. The summed E-state index contributed by atoms with van der Waals surface area (Å²) in [6, 6.07) is 3.52. The highest BCUT2D eigenvalue weighted by Crippen LogP contribution is 2.22. The quantitative estimate of drug-likeness (QED) is 0.905. The molecule has 7 heteroatoms. The second-order valence-corrected chi connectivity index (χ2v) is 6.99. The van der Waals surface area contributed by atoms with Crippen molar-refractivity contribution in [1.82, 2.24) is 9.62 Å². The molecule has 4 nitrogen and oxygen atoms in total. The van der Waals surface area contributed by atoms with Crippen molar-refractivity contribution in [1.29, 1.82) is 0 Å².